The van der Waals surface area contributed by atoms with E-state index in [1.165, 1.54) is 13.3 Å². The predicted molar refractivity (Wildman–Crippen MR) is 85.8 cm³/mol. The second kappa shape index (κ2) is 7.36. The molecule has 0 aromatic carbocycles. The van der Waals surface area contributed by atoms with Crippen molar-refractivity contribution in [3.63, 3.8) is 0 Å². The van der Waals surface area contributed by atoms with Gasteiger partial charge in [0.1, 0.15) is 0 Å². The van der Waals surface area contributed by atoms with E-state index in [-0.39, 0.29) is 28.9 Å². The van der Waals surface area contributed by atoms with Gasteiger partial charge in [0.15, 0.2) is 8.32 Å². The first-order valence-corrected chi connectivity index (χ1v) is 10.1. The SMILES string of the molecule is COC(=O)[C@@H](CC(C=N)O[Si](C)(C)C(C)(C)C)C(C)C. The molecule has 2 atom stereocenters. The third-order valence-electron chi connectivity index (χ3n) is 4.23. The van der Waals surface area contributed by atoms with E-state index in [9.17, 15) is 4.79 Å². The molecule has 0 aliphatic heterocycles. The van der Waals surface area contributed by atoms with Crippen LogP contribution >= 0.6 is 0 Å². The van der Waals surface area contributed by atoms with Crippen molar-refractivity contribution in [3.8, 4) is 0 Å². The summed E-state index contributed by atoms with van der Waals surface area (Å²) in [6, 6.07) is 0. The quantitative estimate of drug-likeness (QED) is 0.441. The Labute approximate surface area is 124 Å². The van der Waals surface area contributed by atoms with Crippen molar-refractivity contribution >= 4 is 20.5 Å². The van der Waals surface area contributed by atoms with E-state index in [2.05, 4.69) is 33.9 Å². The van der Waals surface area contributed by atoms with Gasteiger partial charge < -0.3 is 14.6 Å². The molecule has 0 fully saturated rings. The fraction of sp³-hybridized carbons (Fsp3) is 0.867. The number of carbonyl (C=O) groups excluding carboxylic acids is 1. The maximum Gasteiger partial charge on any atom is 0.309 e. The van der Waals surface area contributed by atoms with Crippen LogP contribution in [-0.4, -0.2) is 33.7 Å². The minimum atomic E-state index is -1.94. The van der Waals surface area contributed by atoms with Gasteiger partial charge >= 0.3 is 5.97 Å². The topological polar surface area (TPSA) is 59.4 Å². The van der Waals surface area contributed by atoms with Crippen molar-refractivity contribution in [2.45, 2.75) is 65.3 Å². The molecule has 5 heteroatoms. The molecule has 20 heavy (non-hydrogen) atoms. The van der Waals surface area contributed by atoms with E-state index in [0.29, 0.717) is 6.42 Å². The summed E-state index contributed by atoms with van der Waals surface area (Å²) in [6.07, 6.45) is 1.52. The van der Waals surface area contributed by atoms with E-state index in [4.69, 9.17) is 14.6 Å². The highest BCUT2D eigenvalue weighted by atomic mass is 28.4. The first-order chi connectivity index (χ1) is 8.96. The lowest BCUT2D eigenvalue weighted by molar-refractivity contribution is -0.147. The zero-order valence-electron chi connectivity index (χ0n) is 14.2. The van der Waals surface area contributed by atoms with E-state index in [1.54, 1.807) is 0 Å². The lowest BCUT2D eigenvalue weighted by Crippen LogP contribution is -2.45. The molecule has 0 spiro atoms. The number of methoxy groups -OCH3 is 1. The van der Waals surface area contributed by atoms with Crippen LogP contribution in [0.1, 0.15) is 41.0 Å². The summed E-state index contributed by atoms with van der Waals surface area (Å²) in [4.78, 5) is 11.8. The Hall–Kier alpha value is -0.683. The Morgan fingerprint density at radius 2 is 1.80 bits per heavy atom. The van der Waals surface area contributed by atoms with Crippen LogP contribution in [-0.2, 0) is 14.0 Å². The van der Waals surface area contributed by atoms with E-state index < -0.39 is 8.32 Å². The minimum Gasteiger partial charge on any atom is -0.469 e. The number of rotatable bonds is 7. The molecule has 0 aliphatic rings. The summed E-state index contributed by atoms with van der Waals surface area (Å²) in [5, 5.41) is 7.69. The summed E-state index contributed by atoms with van der Waals surface area (Å²) in [5.41, 5.74) is 0. The Bertz CT molecular complexity index is 335. The largest absolute Gasteiger partial charge is 0.469 e. The van der Waals surface area contributed by atoms with Crippen molar-refractivity contribution in [1.82, 2.24) is 0 Å². The van der Waals surface area contributed by atoms with Crippen LogP contribution in [0.5, 0.6) is 0 Å². The zero-order valence-corrected chi connectivity index (χ0v) is 15.2. The molecule has 0 bridgehead atoms. The molecule has 4 nitrogen and oxygen atoms in total. The number of hydrogen-bond acceptors (Lipinski definition) is 4. The van der Waals surface area contributed by atoms with Gasteiger partial charge in [-0.3, -0.25) is 4.79 Å². The molecule has 0 rings (SSSR count). The van der Waals surface area contributed by atoms with Crippen LogP contribution in [0.3, 0.4) is 0 Å². The molecule has 0 saturated heterocycles. The number of hydrogen-bond donors (Lipinski definition) is 1. The summed E-state index contributed by atoms with van der Waals surface area (Å²) < 4.78 is 11.1. The first-order valence-electron chi connectivity index (χ1n) is 7.22. The molecule has 0 aliphatic carbocycles. The van der Waals surface area contributed by atoms with Gasteiger partial charge in [0.05, 0.1) is 19.1 Å². The molecular weight excluding hydrogens is 270 g/mol. The van der Waals surface area contributed by atoms with Gasteiger partial charge in [-0.15, -0.1) is 0 Å². The van der Waals surface area contributed by atoms with Crippen molar-refractivity contribution < 1.29 is 14.0 Å². The van der Waals surface area contributed by atoms with Crippen molar-refractivity contribution in [2.24, 2.45) is 11.8 Å². The normalized spacial score (nSPS) is 15.8. The fourth-order valence-electron chi connectivity index (χ4n) is 1.75. The molecule has 0 amide bonds. The van der Waals surface area contributed by atoms with Gasteiger partial charge in [-0.1, -0.05) is 34.6 Å². The number of esters is 1. The highest BCUT2D eigenvalue weighted by Gasteiger charge is 2.39. The standard InChI is InChI=1S/C15H31NO3Si/c1-11(2)13(14(17)18-6)9-12(10-16)19-20(7,8)15(3,4)5/h10-13,16H,9H2,1-8H3/t12?,13-/m0/s1. The lowest BCUT2D eigenvalue weighted by Gasteiger charge is -2.39. The molecule has 118 valence electrons. The molecule has 0 saturated carbocycles. The van der Waals surface area contributed by atoms with Crippen LogP contribution in [0.2, 0.25) is 18.1 Å². The van der Waals surface area contributed by atoms with E-state index in [0.717, 1.165) is 0 Å². The maximum absolute atomic E-state index is 11.8. The number of carbonyl (C=O) groups is 1. The number of ether oxygens (including phenoxy) is 1. The highest BCUT2D eigenvalue weighted by Crippen LogP contribution is 2.38. The van der Waals surface area contributed by atoms with Gasteiger partial charge in [0.2, 0.25) is 0 Å². The average Bonchev–Trinajstić information content (AvgIpc) is 2.31. The Morgan fingerprint density at radius 1 is 1.30 bits per heavy atom. The smallest absolute Gasteiger partial charge is 0.309 e. The summed E-state index contributed by atoms with van der Waals surface area (Å²) in [5.74, 6) is -0.269. The molecule has 0 heterocycles. The average molecular weight is 302 g/mol. The summed E-state index contributed by atoms with van der Waals surface area (Å²) in [7, 11) is -0.530. The van der Waals surface area contributed by atoms with Gasteiger partial charge in [-0.25, -0.2) is 0 Å². The highest BCUT2D eigenvalue weighted by molar-refractivity contribution is 6.74. The number of nitrogens with one attached hydrogen (secondary N) is 1. The molecule has 0 aromatic rings. The van der Waals surface area contributed by atoms with Gasteiger partial charge in [-0.05, 0) is 30.5 Å². The van der Waals surface area contributed by atoms with Gasteiger partial charge in [-0.2, -0.15) is 0 Å². The van der Waals surface area contributed by atoms with Gasteiger partial charge in [0.25, 0.3) is 0 Å². The predicted octanol–water partition coefficient (Wildman–Crippen LogP) is 3.86. The Kier molecular flexibility index (Phi) is 7.11. The second-order valence-electron chi connectivity index (χ2n) is 7.19. The summed E-state index contributed by atoms with van der Waals surface area (Å²) >= 11 is 0. The zero-order chi connectivity index (χ0) is 16.1. The van der Waals surface area contributed by atoms with Crippen molar-refractivity contribution in [2.75, 3.05) is 7.11 Å². The van der Waals surface area contributed by atoms with Crippen LogP contribution in [0.15, 0.2) is 0 Å². The molecule has 0 radical (unpaired) electrons. The molecule has 1 N–H and O–H groups in total. The van der Waals surface area contributed by atoms with Crippen LogP contribution in [0, 0.1) is 17.2 Å². The summed E-state index contributed by atoms with van der Waals surface area (Å²) in [6.45, 7) is 14.8. The minimum absolute atomic E-state index is 0.0901. The second-order valence-corrected chi connectivity index (χ2v) is 11.9. The first kappa shape index (κ1) is 19.3. The third-order valence-corrected chi connectivity index (χ3v) is 8.74. The van der Waals surface area contributed by atoms with Crippen LogP contribution in [0.4, 0.5) is 0 Å². The monoisotopic (exact) mass is 301 g/mol. The lowest BCUT2D eigenvalue weighted by atomic mass is 9.90. The fourth-order valence-corrected chi connectivity index (χ4v) is 3.02. The van der Waals surface area contributed by atoms with E-state index >= 15 is 0 Å². The maximum atomic E-state index is 11.8. The molecule has 0 aromatic heterocycles. The van der Waals surface area contributed by atoms with Crippen LogP contribution in [0.25, 0.3) is 0 Å². The van der Waals surface area contributed by atoms with Gasteiger partial charge in [0, 0.05) is 6.21 Å². The van der Waals surface area contributed by atoms with Crippen molar-refractivity contribution in [3.05, 3.63) is 0 Å². The van der Waals surface area contributed by atoms with E-state index in [1.807, 2.05) is 13.8 Å². The van der Waals surface area contributed by atoms with Crippen LogP contribution < -0.4 is 0 Å². The molecular formula is C15H31NO3Si. The van der Waals surface area contributed by atoms with Crippen molar-refractivity contribution in [1.29, 1.82) is 5.41 Å². The third kappa shape index (κ3) is 5.36. The Balaban J connectivity index is 4.94. The Morgan fingerprint density at radius 3 is 2.10 bits per heavy atom. The molecule has 1 unspecified atom stereocenters.